The van der Waals surface area contributed by atoms with Crippen LogP contribution in [-0.2, 0) is 21.7 Å². The van der Waals surface area contributed by atoms with E-state index in [2.05, 4.69) is 0 Å². The van der Waals surface area contributed by atoms with Crippen LogP contribution < -0.4 is 24.0 Å². The van der Waals surface area contributed by atoms with E-state index in [0.717, 1.165) is 11.3 Å². The van der Waals surface area contributed by atoms with Crippen molar-refractivity contribution >= 4 is 23.2 Å². The lowest BCUT2D eigenvalue weighted by molar-refractivity contribution is -0.150. The normalized spacial score (nSPS) is 19.8. The zero-order valence-corrected chi connectivity index (χ0v) is 21.0. The highest BCUT2D eigenvalue weighted by Gasteiger charge is 2.73. The van der Waals surface area contributed by atoms with Crippen molar-refractivity contribution in [2.45, 2.75) is 18.2 Å². The van der Waals surface area contributed by atoms with Gasteiger partial charge in [-0.2, -0.15) is 0 Å². The van der Waals surface area contributed by atoms with Crippen molar-refractivity contribution in [3.05, 3.63) is 114 Å². The molecule has 2 heterocycles. The Balaban J connectivity index is 1.53. The zero-order valence-electron chi connectivity index (χ0n) is 21.0. The fourth-order valence-electron chi connectivity index (χ4n) is 5.42. The molecule has 7 heteroatoms. The van der Waals surface area contributed by atoms with Crippen LogP contribution in [0, 0.1) is 0 Å². The van der Waals surface area contributed by atoms with Gasteiger partial charge in [0, 0.05) is 11.6 Å². The minimum Gasteiger partial charge on any atom is -0.497 e. The largest absolute Gasteiger partial charge is 0.497 e. The molecule has 0 bridgehead atoms. The van der Waals surface area contributed by atoms with E-state index in [1.165, 1.54) is 12.0 Å². The standard InChI is InChI=1S/C31H26N2O5/c1-36-23-17-18-26(27(19-23)37-2)33-29(34)28(38-22-13-7-4-8-14-22)31(33)24-15-9-10-16-25(24)32(30(31)35)20-21-11-5-3-6-12-21/h3-19,28H,20H2,1-2H3/t28-,31-/m1/s1. The van der Waals surface area contributed by atoms with Gasteiger partial charge in [-0.1, -0.05) is 66.7 Å². The Morgan fingerprint density at radius 3 is 2.13 bits per heavy atom. The summed E-state index contributed by atoms with van der Waals surface area (Å²) in [5.41, 5.74) is 1.48. The van der Waals surface area contributed by atoms with E-state index in [9.17, 15) is 9.59 Å². The van der Waals surface area contributed by atoms with Crippen LogP contribution in [0.3, 0.4) is 0 Å². The summed E-state index contributed by atoms with van der Waals surface area (Å²) in [5.74, 6) is 0.942. The second-order valence-electron chi connectivity index (χ2n) is 9.18. The van der Waals surface area contributed by atoms with E-state index in [0.29, 0.717) is 35.0 Å². The summed E-state index contributed by atoms with van der Waals surface area (Å²) in [4.78, 5) is 31.8. The second kappa shape index (κ2) is 9.27. The van der Waals surface area contributed by atoms with Gasteiger partial charge in [0.15, 0.2) is 0 Å². The van der Waals surface area contributed by atoms with Crippen molar-refractivity contribution in [2.75, 3.05) is 24.0 Å². The Morgan fingerprint density at radius 2 is 1.42 bits per heavy atom. The maximum Gasteiger partial charge on any atom is 0.273 e. The quantitative estimate of drug-likeness (QED) is 0.332. The predicted octanol–water partition coefficient (Wildman–Crippen LogP) is 4.94. The third-order valence-electron chi connectivity index (χ3n) is 7.16. The average Bonchev–Trinajstić information content (AvgIpc) is 3.22. The highest BCUT2D eigenvalue weighted by Crippen LogP contribution is 2.56. The maximum atomic E-state index is 14.6. The molecule has 0 radical (unpaired) electrons. The molecule has 1 spiro atoms. The molecule has 0 aliphatic carbocycles. The lowest BCUT2D eigenvalue weighted by Gasteiger charge is -2.53. The number of anilines is 2. The van der Waals surface area contributed by atoms with E-state index in [-0.39, 0.29) is 11.8 Å². The summed E-state index contributed by atoms with van der Waals surface area (Å²) < 4.78 is 17.3. The number of para-hydroxylation sites is 2. The summed E-state index contributed by atoms with van der Waals surface area (Å²) in [5, 5.41) is 0. The van der Waals surface area contributed by atoms with Gasteiger partial charge in [0.1, 0.15) is 17.2 Å². The SMILES string of the molecule is COc1ccc(N2C(=O)[C@@H](Oc3ccccc3)[C@]23C(=O)N(Cc2ccccc2)c2ccccc23)c(OC)c1. The smallest absolute Gasteiger partial charge is 0.273 e. The van der Waals surface area contributed by atoms with Crippen molar-refractivity contribution in [1.29, 1.82) is 0 Å². The molecular weight excluding hydrogens is 480 g/mol. The first kappa shape index (κ1) is 23.6. The molecule has 38 heavy (non-hydrogen) atoms. The van der Waals surface area contributed by atoms with Gasteiger partial charge in [-0.3, -0.25) is 14.5 Å². The Bertz CT molecular complexity index is 1510. The van der Waals surface area contributed by atoms with Crippen molar-refractivity contribution in [2.24, 2.45) is 0 Å². The van der Waals surface area contributed by atoms with E-state index in [4.69, 9.17) is 14.2 Å². The van der Waals surface area contributed by atoms with Crippen molar-refractivity contribution in [1.82, 2.24) is 0 Å². The molecule has 190 valence electrons. The Morgan fingerprint density at radius 1 is 0.737 bits per heavy atom. The number of nitrogens with zero attached hydrogens (tertiary/aromatic N) is 2. The van der Waals surface area contributed by atoms with Crippen LogP contribution in [0.1, 0.15) is 11.1 Å². The van der Waals surface area contributed by atoms with Gasteiger partial charge in [-0.05, 0) is 35.9 Å². The topological polar surface area (TPSA) is 68.3 Å². The van der Waals surface area contributed by atoms with Gasteiger partial charge < -0.3 is 19.1 Å². The van der Waals surface area contributed by atoms with Crippen LogP contribution >= 0.6 is 0 Å². The number of benzene rings is 4. The van der Waals surface area contributed by atoms with Crippen molar-refractivity contribution in [3.8, 4) is 17.2 Å². The molecule has 1 fully saturated rings. The number of carbonyl (C=O) groups is 2. The van der Waals surface area contributed by atoms with Crippen LogP contribution in [0.15, 0.2) is 103 Å². The molecule has 0 aromatic heterocycles. The van der Waals surface area contributed by atoms with Crippen molar-refractivity contribution < 1.29 is 23.8 Å². The lowest BCUT2D eigenvalue weighted by Crippen LogP contribution is -2.77. The Hall–Kier alpha value is -4.78. The van der Waals surface area contributed by atoms with E-state index >= 15 is 0 Å². The molecular formula is C31H26N2O5. The lowest BCUT2D eigenvalue weighted by atomic mass is 9.74. The Labute approximate surface area is 220 Å². The summed E-state index contributed by atoms with van der Waals surface area (Å²) in [6.45, 7) is 0.359. The van der Waals surface area contributed by atoms with E-state index in [1.54, 1.807) is 42.3 Å². The highest BCUT2D eigenvalue weighted by molar-refractivity contribution is 6.24. The highest BCUT2D eigenvalue weighted by atomic mass is 16.5. The van der Waals surface area contributed by atoms with Gasteiger partial charge in [0.05, 0.1) is 32.1 Å². The summed E-state index contributed by atoms with van der Waals surface area (Å²) >= 11 is 0. The second-order valence-corrected chi connectivity index (χ2v) is 9.18. The fraction of sp³-hybridized carbons (Fsp3) is 0.161. The number of rotatable bonds is 7. The van der Waals surface area contributed by atoms with E-state index in [1.807, 2.05) is 72.8 Å². The van der Waals surface area contributed by atoms with Crippen LogP contribution in [0.5, 0.6) is 17.2 Å². The van der Waals surface area contributed by atoms with Gasteiger partial charge in [-0.15, -0.1) is 0 Å². The number of fused-ring (bicyclic) bond motifs is 2. The molecule has 6 rings (SSSR count). The van der Waals surface area contributed by atoms with Crippen LogP contribution in [0.2, 0.25) is 0 Å². The minimum absolute atomic E-state index is 0.235. The molecule has 2 amide bonds. The van der Waals surface area contributed by atoms with Crippen LogP contribution in [0.25, 0.3) is 0 Å². The van der Waals surface area contributed by atoms with Gasteiger partial charge >= 0.3 is 0 Å². The minimum atomic E-state index is -1.42. The number of carbonyl (C=O) groups excluding carboxylic acids is 2. The Kier molecular flexibility index (Phi) is 5.76. The van der Waals surface area contributed by atoms with Crippen LogP contribution in [0.4, 0.5) is 11.4 Å². The third-order valence-corrected chi connectivity index (χ3v) is 7.16. The summed E-state index contributed by atoms with van der Waals surface area (Å²) in [6, 6.07) is 31.7. The summed E-state index contributed by atoms with van der Waals surface area (Å²) in [6.07, 6.45) is -1.06. The average molecular weight is 507 g/mol. The fourth-order valence-corrected chi connectivity index (χ4v) is 5.42. The third kappa shape index (κ3) is 3.43. The van der Waals surface area contributed by atoms with E-state index < -0.39 is 11.6 Å². The number of β-lactam (4-membered cyclic amide) rings is 1. The molecule has 2 aliphatic heterocycles. The molecule has 0 unspecified atom stereocenters. The first-order chi connectivity index (χ1) is 18.6. The van der Waals surface area contributed by atoms with Crippen molar-refractivity contribution in [3.63, 3.8) is 0 Å². The number of hydrogen-bond acceptors (Lipinski definition) is 5. The molecule has 4 aromatic carbocycles. The molecule has 0 saturated carbocycles. The molecule has 2 atom stereocenters. The summed E-state index contributed by atoms with van der Waals surface area (Å²) in [7, 11) is 3.09. The molecule has 1 saturated heterocycles. The maximum absolute atomic E-state index is 14.6. The number of amides is 2. The number of hydrogen-bond donors (Lipinski definition) is 0. The van der Waals surface area contributed by atoms with Gasteiger partial charge in [0.25, 0.3) is 11.8 Å². The van der Waals surface area contributed by atoms with Gasteiger partial charge in [0.2, 0.25) is 11.6 Å². The van der Waals surface area contributed by atoms with Crippen LogP contribution in [-0.4, -0.2) is 32.1 Å². The monoisotopic (exact) mass is 506 g/mol. The van der Waals surface area contributed by atoms with Gasteiger partial charge in [-0.25, -0.2) is 0 Å². The molecule has 7 nitrogen and oxygen atoms in total. The number of ether oxygens (including phenoxy) is 3. The molecule has 0 N–H and O–H groups in total. The molecule has 4 aromatic rings. The molecule has 2 aliphatic rings. The first-order valence-corrected chi connectivity index (χ1v) is 12.3. The zero-order chi connectivity index (χ0) is 26.3. The predicted molar refractivity (Wildman–Crippen MR) is 144 cm³/mol. The first-order valence-electron chi connectivity index (χ1n) is 12.3. The number of methoxy groups -OCH3 is 2.